The summed E-state index contributed by atoms with van der Waals surface area (Å²) in [6.07, 6.45) is 6.57. The summed E-state index contributed by atoms with van der Waals surface area (Å²) < 4.78 is 5.17. The first kappa shape index (κ1) is 13.8. The fourth-order valence-corrected chi connectivity index (χ4v) is 2.02. The molecular formula is C13H23N3O. The van der Waals surface area contributed by atoms with Crippen LogP contribution in [-0.4, -0.2) is 37.2 Å². The van der Waals surface area contributed by atoms with Crippen molar-refractivity contribution in [3.8, 4) is 0 Å². The smallest absolute Gasteiger partial charge is 0.0945 e. The minimum absolute atomic E-state index is 0.128. The minimum Gasteiger partial charge on any atom is -0.501 e. The molecular weight excluding hydrogens is 214 g/mol. The van der Waals surface area contributed by atoms with Crippen LogP contribution in [-0.2, 0) is 4.74 Å². The van der Waals surface area contributed by atoms with Crippen molar-refractivity contribution < 1.29 is 4.74 Å². The summed E-state index contributed by atoms with van der Waals surface area (Å²) >= 11 is 0. The van der Waals surface area contributed by atoms with E-state index in [1.165, 1.54) is 0 Å². The molecule has 2 atom stereocenters. The van der Waals surface area contributed by atoms with Gasteiger partial charge in [-0.05, 0) is 25.5 Å². The maximum absolute atomic E-state index is 5.99. The summed E-state index contributed by atoms with van der Waals surface area (Å²) in [7, 11) is 1.66. The van der Waals surface area contributed by atoms with Gasteiger partial charge < -0.3 is 21.1 Å². The van der Waals surface area contributed by atoms with Crippen molar-refractivity contribution in [1.82, 2.24) is 4.90 Å². The number of hydrogen-bond donors (Lipinski definition) is 2. The number of hydrogen-bond acceptors (Lipinski definition) is 4. The molecule has 0 aromatic rings. The fraction of sp³-hybridized carbons (Fsp3) is 0.538. The molecule has 4 N–H and O–H groups in total. The van der Waals surface area contributed by atoms with Crippen LogP contribution in [0.1, 0.15) is 13.3 Å². The third-order valence-corrected chi connectivity index (χ3v) is 2.84. The van der Waals surface area contributed by atoms with Gasteiger partial charge in [-0.3, -0.25) is 0 Å². The highest BCUT2D eigenvalue weighted by atomic mass is 16.5. The molecule has 17 heavy (non-hydrogen) atoms. The number of likely N-dealkylation sites (tertiary alicyclic amines) is 1. The molecule has 1 fully saturated rings. The van der Waals surface area contributed by atoms with Crippen LogP contribution in [0, 0.1) is 0 Å². The Morgan fingerprint density at radius 2 is 1.94 bits per heavy atom. The molecule has 1 saturated heterocycles. The highest BCUT2D eigenvalue weighted by Crippen LogP contribution is 2.16. The van der Waals surface area contributed by atoms with Gasteiger partial charge in [-0.25, -0.2) is 0 Å². The van der Waals surface area contributed by atoms with Gasteiger partial charge in [0.25, 0.3) is 0 Å². The van der Waals surface area contributed by atoms with E-state index in [4.69, 9.17) is 16.2 Å². The lowest BCUT2D eigenvalue weighted by Crippen LogP contribution is -2.51. The van der Waals surface area contributed by atoms with Crippen LogP contribution in [0.5, 0.6) is 0 Å². The van der Waals surface area contributed by atoms with E-state index in [1.54, 1.807) is 13.2 Å². The Morgan fingerprint density at radius 3 is 2.41 bits per heavy atom. The van der Waals surface area contributed by atoms with Gasteiger partial charge in [-0.2, -0.15) is 0 Å². The molecule has 1 aliphatic rings. The molecule has 0 bridgehead atoms. The van der Waals surface area contributed by atoms with Crippen LogP contribution < -0.4 is 11.5 Å². The molecule has 0 radical (unpaired) electrons. The molecule has 4 heteroatoms. The largest absolute Gasteiger partial charge is 0.501 e. The maximum atomic E-state index is 5.99. The van der Waals surface area contributed by atoms with E-state index >= 15 is 0 Å². The van der Waals surface area contributed by atoms with Crippen molar-refractivity contribution in [3.63, 3.8) is 0 Å². The molecule has 0 saturated carbocycles. The van der Waals surface area contributed by atoms with E-state index in [-0.39, 0.29) is 12.1 Å². The summed E-state index contributed by atoms with van der Waals surface area (Å²) in [6.45, 7) is 7.29. The van der Waals surface area contributed by atoms with Gasteiger partial charge in [-0.15, -0.1) is 0 Å². The lowest BCUT2D eigenvalue weighted by Gasteiger charge is -2.36. The van der Waals surface area contributed by atoms with Crippen molar-refractivity contribution in [2.24, 2.45) is 11.5 Å². The molecule has 0 aromatic heterocycles. The van der Waals surface area contributed by atoms with Crippen molar-refractivity contribution in [1.29, 1.82) is 0 Å². The first-order valence-electron chi connectivity index (χ1n) is 5.88. The van der Waals surface area contributed by atoms with Gasteiger partial charge in [0, 0.05) is 30.9 Å². The summed E-state index contributed by atoms with van der Waals surface area (Å²) in [4.78, 5) is 2.18. The van der Waals surface area contributed by atoms with Crippen molar-refractivity contribution in [3.05, 3.63) is 36.3 Å². The van der Waals surface area contributed by atoms with Gasteiger partial charge in [0.05, 0.1) is 12.9 Å². The van der Waals surface area contributed by atoms with Crippen LogP contribution in [0.4, 0.5) is 0 Å². The van der Waals surface area contributed by atoms with Gasteiger partial charge in [0.15, 0.2) is 0 Å². The van der Waals surface area contributed by atoms with Gasteiger partial charge in [-0.1, -0.05) is 12.7 Å². The van der Waals surface area contributed by atoms with Crippen LogP contribution >= 0.6 is 0 Å². The highest BCUT2D eigenvalue weighted by Gasteiger charge is 2.23. The zero-order valence-electron chi connectivity index (χ0n) is 10.7. The van der Waals surface area contributed by atoms with Crippen molar-refractivity contribution in [2.45, 2.75) is 25.4 Å². The highest BCUT2D eigenvalue weighted by molar-refractivity contribution is 5.24. The Hall–Kier alpha value is -1.26. The second-order valence-electron chi connectivity index (χ2n) is 4.45. The van der Waals surface area contributed by atoms with Gasteiger partial charge in [0.2, 0.25) is 0 Å². The van der Waals surface area contributed by atoms with Gasteiger partial charge >= 0.3 is 0 Å². The minimum atomic E-state index is 0.128. The Morgan fingerprint density at radius 1 is 1.35 bits per heavy atom. The molecule has 0 aliphatic carbocycles. The Labute approximate surface area is 104 Å². The second-order valence-corrected chi connectivity index (χ2v) is 4.45. The monoisotopic (exact) mass is 237 g/mol. The quantitative estimate of drug-likeness (QED) is 0.565. The van der Waals surface area contributed by atoms with Crippen LogP contribution in [0.3, 0.4) is 0 Å². The second kappa shape index (κ2) is 6.47. The van der Waals surface area contributed by atoms with E-state index in [0.717, 1.165) is 31.0 Å². The van der Waals surface area contributed by atoms with E-state index in [2.05, 4.69) is 11.5 Å². The fourth-order valence-electron chi connectivity index (χ4n) is 2.02. The van der Waals surface area contributed by atoms with Crippen molar-refractivity contribution in [2.75, 3.05) is 20.2 Å². The van der Waals surface area contributed by atoms with Crippen LogP contribution in [0.2, 0.25) is 0 Å². The maximum Gasteiger partial charge on any atom is 0.0945 e. The van der Waals surface area contributed by atoms with Crippen molar-refractivity contribution >= 4 is 0 Å². The lowest BCUT2D eigenvalue weighted by molar-refractivity contribution is 0.238. The number of nitrogens with zero attached hydrogens (tertiary/aromatic N) is 1. The molecule has 0 unspecified atom stereocenters. The van der Waals surface area contributed by atoms with Gasteiger partial charge in [0.1, 0.15) is 0 Å². The number of rotatable bonds is 4. The number of ether oxygens (including phenoxy) is 1. The lowest BCUT2D eigenvalue weighted by atomic mass is 10.0. The molecule has 96 valence electrons. The normalized spacial score (nSPS) is 26.9. The first-order valence-corrected chi connectivity index (χ1v) is 5.88. The zero-order valence-corrected chi connectivity index (χ0v) is 10.7. The van der Waals surface area contributed by atoms with Crippen LogP contribution in [0.15, 0.2) is 36.3 Å². The number of methoxy groups -OCH3 is 1. The average molecular weight is 237 g/mol. The molecule has 4 nitrogen and oxygen atoms in total. The molecule has 0 aromatic carbocycles. The number of nitrogens with two attached hydrogens (primary N) is 2. The molecule has 0 amide bonds. The summed E-state index contributed by atoms with van der Waals surface area (Å²) in [5.41, 5.74) is 13.0. The first-order chi connectivity index (χ1) is 8.06. The number of piperidine rings is 1. The van der Waals surface area contributed by atoms with Crippen LogP contribution in [0.25, 0.3) is 0 Å². The number of allylic oxidation sites excluding steroid dienone is 4. The third kappa shape index (κ3) is 4.24. The molecule has 1 heterocycles. The average Bonchev–Trinajstić information content (AvgIpc) is 2.27. The Balaban J connectivity index is 2.84. The molecule has 0 spiro atoms. The molecule has 1 rings (SSSR count). The predicted molar refractivity (Wildman–Crippen MR) is 71.2 cm³/mol. The Kier molecular flexibility index (Phi) is 5.25. The Bertz CT molecular complexity index is 313. The topological polar surface area (TPSA) is 64.5 Å². The van der Waals surface area contributed by atoms with E-state index in [0.29, 0.717) is 0 Å². The summed E-state index contributed by atoms with van der Waals surface area (Å²) in [5.74, 6) is 0.853. The standard InChI is InChI=1S/C13H23N3O/c1-4-5-13(6-10(2)17-3)16-8-11(14)7-12(15)9-16/h4-6,11-12H,1,7-9,14-15H2,2-3H3/b10-6+,13-5+/t11-,12+. The van der Waals surface area contributed by atoms with E-state index in [1.807, 2.05) is 19.1 Å². The summed E-state index contributed by atoms with van der Waals surface area (Å²) in [6, 6.07) is 0.256. The third-order valence-electron chi connectivity index (χ3n) is 2.84. The molecule has 1 aliphatic heterocycles. The predicted octanol–water partition coefficient (Wildman–Crippen LogP) is 0.967. The zero-order chi connectivity index (χ0) is 12.8. The van der Waals surface area contributed by atoms with E-state index < -0.39 is 0 Å². The SMILES string of the molecule is C=C/C=C(\C=C(/C)OC)N1C[C@H](N)C[C@H](N)C1. The summed E-state index contributed by atoms with van der Waals surface area (Å²) in [5, 5.41) is 0. The van der Waals surface area contributed by atoms with E-state index in [9.17, 15) is 0 Å².